The molecular weight excluding hydrogens is 231 g/mol. The van der Waals surface area contributed by atoms with Crippen LogP contribution in [-0.2, 0) is 0 Å². The van der Waals surface area contributed by atoms with Gasteiger partial charge in [-0.15, -0.1) is 0 Å². The van der Waals surface area contributed by atoms with Gasteiger partial charge >= 0.3 is 0 Å². The highest BCUT2D eigenvalue weighted by Gasteiger charge is 2.04. The molecule has 0 saturated heterocycles. The first-order chi connectivity index (χ1) is 7.13. The Morgan fingerprint density at radius 3 is 2.40 bits per heavy atom. The Labute approximate surface area is 102 Å². The van der Waals surface area contributed by atoms with Gasteiger partial charge in [-0.3, -0.25) is 0 Å². The summed E-state index contributed by atoms with van der Waals surface area (Å²) < 4.78 is 0. The Hall–Kier alpha value is -0.240. The van der Waals surface area contributed by atoms with Crippen LogP contribution in [0.1, 0.15) is 32.6 Å². The first-order valence-electron chi connectivity index (χ1n) is 5.10. The molecule has 0 bridgehead atoms. The number of aliphatic hydroxyl groups is 1. The highest BCUT2D eigenvalue weighted by atomic mass is 35.5. The Morgan fingerprint density at radius 1 is 1.27 bits per heavy atom. The van der Waals surface area contributed by atoms with Crippen molar-refractivity contribution in [1.82, 2.24) is 0 Å². The van der Waals surface area contributed by atoms with Gasteiger partial charge in [0.05, 0.1) is 0 Å². The van der Waals surface area contributed by atoms with Gasteiger partial charge in [-0.25, -0.2) is 0 Å². The number of hydrogen-bond acceptors (Lipinski definition) is 1. The molecule has 0 aromatic rings. The van der Waals surface area contributed by atoms with E-state index in [0.717, 1.165) is 31.3 Å². The van der Waals surface area contributed by atoms with Crippen molar-refractivity contribution < 1.29 is 5.11 Å². The van der Waals surface area contributed by atoms with E-state index in [0.29, 0.717) is 10.1 Å². The van der Waals surface area contributed by atoms with Crippen LogP contribution in [0.3, 0.4) is 0 Å². The average molecular weight is 249 g/mol. The molecule has 0 aliphatic rings. The zero-order valence-electron chi connectivity index (χ0n) is 9.10. The fraction of sp³-hybridized carbons (Fsp3) is 0.500. The van der Waals surface area contributed by atoms with E-state index in [1.165, 1.54) is 0 Å². The molecule has 1 nitrogen and oxygen atoms in total. The van der Waals surface area contributed by atoms with Crippen LogP contribution in [0.25, 0.3) is 0 Å². The lowest BCUT2D eigenvalue weighted by molar-refractivity contribution is 0.283. The smallest absolute Gasteiger partial charge is 0.0449 e. The summed E-state index contributed by atoms with van der Waals surface area (Å²) in [6.07, 6.45) is 7.26. The van der Waals surface area contributed by atoms with Crippen molar-refractivity contribution in [3.05, 3.63) is 34.4 Å². The Balaban J connectivity index is 4.29. The largest absolute Gasteiger partial charge is 0.396 e. The molecule has 0 aliphatic heterocycles. The van der Waals surface area contributed by atoms with Gasteiger partial charge < -0.3 is 5.11 Å². The van der Waals surface area contributed by atoms with E-state index in [-0.39, 0.29) is 6.61 Å². The van der Waals surface area contributed by atoms with Crippen LogP contribution in [-0.4, -0.2) is 11.7 Å². The maximum Gasteiger partial charge on any atom is 0.0449 e. The number of aliphatic hydroxyl groups excluding tert-OH is 1. The lowest BCUT2D eigenvalue weighted by Crippen LogP contribution is -1.89. The molecule has 0 fully saturated rings. The molecule has 0 amide bonds. The number of hydrogen-bond donors (Lipinski definition) is 1. The molecule has 0 unspecified atom stereocenters. The predicted octanol–water partition coefficient (Wildman–Crippen LogP) is 4.36. The van der Waals surface area contributed by atoms with Gasteiger partial charge in [0, 0.05) is 16.7 Å². The van der Waals surface area contributed by atoms with Crippen LogP contribution >= 0.6 is 23.2 Å². The standard InChI is InChI=1S/C12H18Cl2O/c1-3-7-12(14)11(10(2)13)8-5-4-6-9-15/h3,7,15H,2,4-6,8-9H2,1H3/b7-3-,12-11+. The molecule has 0 rings (SSSR count). The summed E-state index contributed by atoms with van der Waals surface area (Å²) in [5.41, 5.74) is 0.898. The second-order valence-electron chi connectivity index (χ2n) is 3.27. The predicted molar refractivity (Wildman–Crippen MR) is 68.2 cm³/mol. The fourth-order valence-corrected chi connectivity index (χ4v) is 1.80. The van der Waals surface area contributed by atoms with Crippen molar-refractivity contribution in [2.24, 2.45) is 0 Å². The highest BCUT2D eigenvalue weighted by Crippen LogP contribution is 2.26. The average Bonchev–Trinajstić information content (AvgIpc) is 2.17. The number of halogens is 2. The summed E-state index contributed by atoms with van der Waals surface area (Å²) in [7, 11) is 0. The van der Waals surface area contributed by atoms with Gasteiger partial charge in [-0.1, -0.05) is 42.3 Å². The zero-order chi connectivity index (χ0) is 11.7. The number of allylic oxidation sites excluding steroid dienone is 5. The molecule has 86 valence electrons. The fourth-order valence-electron chi connectivity index (χ4n) is 1.22. The summed E-state index contributed by atoms with van der Waals surface area (Å²) in [4.78, 5) is 0. The molecular formula is C12H18Cl2O. The quantitative estimate of drug-likeness (QED) is 0.525. The monoisotopic (exact) mass is 248 g/mol. The van der Waals surface area contributed by atoms with E-state index in [1.54, 1.807) is 0 Å². The van der Waals surface area contributed by atoms with Gasteiger partial charge in [-0.05, 0) is 37.8 Å². The van der Waals surface area contributed by atoms with Gasteiger partial charge in [0.2, 0.25) is 0 Å². The third kappa shape index (κ3) is 6.77. The zero-order valence-corrected chi connectivity index (χ0v) is 10.6. The Bertz CT molecular complexity index is 254. The number of rotatable bonds is 7. The molecule has 0 aromatic carbocycles. The minimum absolute atomic E-state index is 0.240. The Kier molecular flexibility index (Phi) is 8.88. The maximum atomic E-state index is 8.64. The number of unbranched alkanes of at least 4 members (excludes halogenated alkanes) is 2. The lowest BCUT2D eigenvalue weighted by atomic mass is 10.1. The van der Waals surface area contributed by atoms with E-state index in [1.807, 2.05) is 19.1 Å². The van der Waals surface area contributed by atoms with Gasteiger partial charge in [0.25, 0.3) is 0 Å². The van der Waals surface area contributed by atoms with Crippen molar-refractivity contribution in [2.45, 2.75) is 32.6 Å². The van der Waals surface area contributed by atoms with Gasteiger partial charge in [0.1, 0.15) is 0 Å². The second kappa shape index (κ2) is 9.02. The first kappa shape index (κ1) is 14.8. The van der Waals surface area contributed by atoms with E-state index in [4.69, 9.17) is 28.3 Å². The van der Waals surface area contributed by atoms with Crippen LogP contribution in [0.15, 0.2) is 34.4 Å². The Morgan fingerprint density at radius 2 is 1.93 bits per heavy atom. The van der Waals surface area contributed by atoms with E-state index < -0.39 is 0 Å². The maximum absolute atomic E-state index is 8.64. The van der Waals surface area contributed by atoms with E-state index in [2.05, 4.69) is 6.58 Å². The summed E-state index contributed by atoms with van der Waals surface area (Å²) in [6.45, 7) is 5.84. The summed E-state index contributed by atoms with van der Waals surface area (Å²) in [6, 6.07) is 0. The molecule has 1 N–H and O–H groups in total. The van der Waals surface area contributed by atoms with Gasteiger partial charge in [-0.2, -0.15) is 0 Å². The molecule has 15 heavy (non-hydrogen) atoms. The van der Waals surface area contributed by atoms with Crippen LogP contribution in [0.2, 0.25) is 0 Å². The first-order valence-corrected chi connectivity index (χ1v) is 5.86. The van der Waals surface area contributed by atoms with E-state index in [9.17, 15) is 0 Å². The third-order valence-corrected chi connectivity index (χ3v) is 2.60. The SMILES string of the molecule is C=C(Cl)/C(CCCCCO)=C(Cl)\C=C/C. The molecule has 3 heteroatoms. The lowest BCUT2D eigenvalue weighted by Gasteiger charge is -2.06. The van der Waals surface area contributed by atoms with Crippen LogP contribution in [0, 0.1) is 0 Å². The molecule has 0 saturated carbocycles. The van der Waals surface area contributed by atoms with Gasteiger partial charge in [0.15, 0.2) is 0 Å². The van der Waals surface area contributed by atoms with Crippen molar-refractivity contribution in [1.29, 1.82) is 0 Å². The molecule has 0 radical (unpaired) electrons. The minimum Gasteiger partial charge on any atom is -0.396 e. The van der Waals surface area contributed by atoms with Crippen molar-refractivity contribution in [3.8, 4) is 0 Å². The van der Waals surface area contributed by atoms with Crippen molar-refractivity contribution in [3.63, 3.8) is 0 Å². The third-order valence-electron chi connectivity index (χ3n) is 2.01. The topological polar surface area (TPSA) is 20.2 Å². The van der Waals surface area contributed by atoms with Crippen LogP contribution in [0.5, 0.6) is 0 Å². The van der Waals surface area contributed by atoms with Crippen LogP contribution in [0.4, 0.5) is 0 Å². The van der Waals surface area contributed by atoms with Crippen molar-refractivity contribution in [2.75, 3.05) is 6.61 Å². The molecule has 0 aliphatic carbocycles. The molecule has 0 atom stereocenters. The normalized spacial score (nSPS) is 13.1. The van der Waals surface area contributed by atoms with E-state index >= 15 is 0 Å². The van der Waals surface area contributed by atoms with Crippen molar-refractivity contribution >= 4 is 23.2 Å². The van der Waals surface area contributed by atoms with Crippen LogP contribution < -0.4 is 0 Å². The second-order valence-corrected chi connectivity index (χ2v) is 4.13. The molecule has 0 heterocycles. The molecule has 0 spiro atoms. The summed E-state index contributed by atoms with van der Waals surface area (Å²) in [5.74, 6) is 0. The highest BCUT2D eigenvalue weighted by molar-refractivity contribution is 6.36. The summed E-state index contributed by atoms with van der Waals surface area (Å²) >= 11 is 11.9. The minimum atomic E-state index is 0.240. The molecule has 0 aromatic heterocycles. The summed E-state index contributed by atoms with van der Waals surface area (Å²) in [5, 5.41) is 9.80.